The van der Waals surface area contributed by atoms with Gasteiger partial charge >= 0.3 is 0 Å². The van der Waals surface area contributed by atoms with Crippen LogP contribution in [0.1, 0.15) is 6.42 Å². The minimum atomic E-state index is -0.129. The van der Waals surface area contributed by atoms with Gasteiger partial charge in [0.25, 0.3) is 0 Å². The first-order valence-corrected chi connectivity index (χ1v) is 6.01. The van der Waals surface area contributed by atoms with E-state index in [1.807, 2.05) is 0 Å². The van der Waals surface area contributed by atoms with E-state index in [2.05, 4.69) is 5.32 Å². The predicted molar refractivity (Wildman–Crippen MR) is 72.7 cm³/mol. The maximum absolute atomic E-state index is 11.5. The monoisotopic (exact) mass is 268 g/mol. The predicted octanol–water partition coefficient (Wildman–Crippen LogP) is 1.01. The standard InChI is InChI=1S/C13H20N2O4/c1-17-7-8-19-12-9-10(3-4-11(12)18-2)15-13(16)5-6-14/h3-4,9H,5-8,14H2,1-2H3,(H,15,16). The van der Waals surface area contributed by atoms with Crippen LogP contribution in [0.15, 0.2) is 18.2 Å². The summed E-state index contributed by atoms with van der Waals surface area (Å²) < 4.78 is 15.6. The Hall–Kier alpha value is -1.79. The molecular weight excluding hydrogens is 248 g/mol. The number of benzene rings is 1. The largest absolute Gasteiger partial charge is 0.493 e. The summed E-state index contributed by atoms with van der Waals surface area (Å²) in [5, 5.41) is 2.74. The Kier molecular flexibility index (Phi) is 6.70. The summed E-state index contributed by atoms with van der Waals surface area (Å²) in [5.41, 5.74) is 5.97. The van der Waals surface area contributed by atoms with Crippen molar-refractivity contribution in [2.45, 2.75) is 6.42 Å². The molecule has 0 aromatic heterocycles. The van der Waals surface area contributed by atoms with Crippen LogP contribution >= 0.6 is 0 Å². The van der Waals surface area contributed by atoms with Crippen LogP contribution in [0.4, 0.5) is 5.69 Å². The average molecular weight is 268 g/mol. The van der Waals surface area contributed by atoms with Gasteiger partial charge in [-0.25, -0.2) is 0 Å². The quantitative estimate of drug-likeness (QED) is 0.687. The number of anilines is 1. The van der Waals surface area contributed by atoms with Crippen molar-refractivity contribution < 1.29 is 19.0 Å². The Labute approximate surface area is 112 Å². The topological polar surface area (TPSA) is 82.8 Å². The van der Waals surface area contributed by atoms with Crippen LogP contribution < -0.4 is 20.5 Å². The zero-order chi connectivity index (χ0) is 14.1. The lowest BCUT2D eigenvalue weighted by atomic mass is 10.2. The molecule has 0 saturated heterocycles. The summed E-state index contributed by atoms with van der Waals surface area (Å²) in [5.74, 6) is 1.04. The average Bonchev–Trinajstić information content (AvgIpc) is 2.39. The van der Waals surface area contributed by atoms with Crippen molar-refractivity contribution in [3.63, 3.8) is 0 Å². The molecule has 1 aromatic carbocycles. The maximum Gasteiger partial charge on any atom is 0.225 e. The van der Waals surface area contributed by atoms with Crippen molar-refractivity contribution in [2.24, 2.45) is 5.73 Å². The highest BCUT2D eigenvalue weighted by Gasteiger charge is 2.07. The fourth-order valence-electron chi connectivity index (χ4n) is 1.46. The van der Waals surface area contributed by atoms with Crippen LogP contribution in [0.3, 0.4) is 0 Å². The van der Waals surface area contributed by atoms with Gasteiger partial charge in [0.15, 0.2) is 11.5 Å². The second kappa shape index (κ2) is 8.34. The van der Waals surface area contributed by atoms with Gasteiger partial charge in [0.1, 0.15) is 6.61 Å². The highest BCUT2D eigenvalue weighted by Crippen LogP contribution is 2.30. The van der Waals surface area contributed by atoms with E-state index in [0.717, 1.165) is 0 Å². The Morgan fingerprint density at radius 1 is 1.26 bits per heavy atom. The first-order valence-electron chi connectivity index (χ1n) is 6.01. The van der Waals surface area contributed by atoms with E-state index < -0.39 is 0 Å². The smallest absolute Gasteiger partial charge is 0.225 e. The fraction of sp³-hybridized carbons (Fsp3) is 0.462. The molecule has 0 radical (unpaired) electrons. The number of nitrogens with one attached hydrogen (secondary N) is 1. The van der Waals surface area contributed by atoms with Crippen molar-refractivity contribution in [3.05, 3.63) is 18.2 Å². The first kappa shape index (κ1) is 15.3. The van der Waals surface area contributed by atoms with E-state index in [-0.39, 0.29) is 12.3 Å². The molecule has 19 heavy (non-hydrogen) atoms. The van der Waals surface area contributed by atoms with Gasteiger partial charge in [0, 0.05) is 31.8 Å². The molecule has 0 atom stereocenters. The van der Waals surface area contributed by atoms with Gasteiger partial charge in [-0.3, -0.25) is 4.79 Å². The van der Waals surface area contributed by atoms with E-state index in [4.69, 9.17) is 19.9 Å². The zero-order valence-electron chi connectivity index (χ0n) is 11.3. The lowest BCUT2D eigenvalue weighted by Gasteiger charge is -2.12. The summed E-state index contributed by atoms with van der Waals surface area (Å²) in [6.45, 7) is 1.21. The van der Waals surface area contributed by atoms with Crippen molar-refractivity contribution in [1.82, 2.24) is 0 Å². The van der Waals surface area contributed by atoms with Gasteiger partial charge < -0.3 is 25.3 Å². The number of rotatable bonds is 8. The molecule has 0 fully saturated rings. The third kappa shape index (κ3) is 5.15. The number of carbonyl (C=O) groups excluding carboxylic acids is 1. The highest BCUT2D eigenvalue weighted by atomic mass is 16.5. The molecule has 1 aromatic rings. The van der Waals surface area contributed by atoms with Crippen LogP contribution in [0.25, 0.3) is 0 Å². The molecule has 0 unspecified atom stereocenters. The van der Waals surface area contributed by atoms with Crippen LogP contribution in [-0.4, -0.2) is 39.9 Å². The SMILES string of the molecule is COCCOc1cc(NC(=O)CCN)ccc1OC. The molecule has 0 bridgehead atoms. The number of amides is 1. The van der Waals surface area contributed by atoms with Crippen molar-refractivity contribution in [1.29, 1.82) is 0 Å². The minimum Gasteiger partial charge on any atom is -0.493 e. The molecule has 6 heteroatoms. The summed E-state index contributed by atoms with van der Waals surface area (Å²) in [6.07, 6.45) is 0.284. The summed E-state index contributed by atoms with van der Waals surface area (Å²) in [6, 6.07) is 5.19. The molecule has 0 saturated carbocycles. The summed E-state index contributed by atoms with van der Waals surface area (Å²) in [4.78, 5) is 11.5. The van der Waals surface area contributed by atoms with E-state index >= 15 is 0 Å². The number of ether oxygens (including phenoxy) is 3. The van der Waals surface area contributed by atoms with E-state index in [1.54, 1.807) is 32.4 Å². The molecule has 0 heterocycles. The Morgan fingerprint density at radius 3 is 2.68 bits per heavy atom. The maximum atomic E-state index is 11.5. The number of hydrogen-bond donors (Lipinski definition) is 2. The van der Waals surface area contributed by atoms with E-state index in [1.165, 1.54) is 0 Å². The van der Waals surface area contributed by atoms with Crippen molar-refractivity contribution in [3.8, 4) is 11.5 Å². The summed E-state index contributed by atoms with van der Waals surface area (Å²) >= 11 is 0. The second-order valence-corrected chi connectivity index (χ2v) is 3.79. The van der Waals surface area contributed by atoms with Gasteiger partial charge in [-0.1, -0.05) is 0 Å². The molecule has 0 aliphatic heterocycles. The molecule has 6 nitrogen and oxygen atoms in total. The normalized spacial score (nSPS) is 10.1. The van der Waals surface area contributed by atoms with Crippen LogP contribution in [0, 0.1) is 0 Å². The minimum absolute atomic E-state index is 0.129. The third-order valence-corrected chi connectivity index (χ3v) is 2.36. The van der Waals surface area contributed by atoms with Crippen LogP contribution in [0.2, 0.25) is 0 Å². The molecule has 3 N–H and O–H groups in total. The molecule has 1 rings (SSSR count). The number of methoxy groups -OCH3 is 2. The summed E-state index contributed by atoms with van der Waals surface area (Å²) in [7, 11) is 3.16. The molecule has 0 aliphatic rings. The lowest BCUT2D eigenvalue weighted by molar-refractivity contribution is -0.116. The van der Waals surface area contributed by atoms with E-state index in [9.17, 15) is 4.79 Å². The number of carbonyl (C=O) groups is 1. The first-order chi connectivity index (χ1) is 9.21. The van der Waals surface area contributed by atoms with Gasteiger partial charge in [0.05, 0.1) is 13.7 Å². The fourth-order valence-corrected chi connectivity index (χ4v) is 1.46. The van der Waals surface area contributed by atoms with Crippen molar-refractivity contribution >= 4 is 11.6 Å². The Bertz CT molecular complexity index is 410. The van der Waals surface area contributed by atoms with Crippen LogP contribution in [0.5, 0.6) is 11.5 Å². The second-order valence-electron chi connectivity index (χ2n) is 3.79. The Balaban J connectivity index is 2.73. The Morgan fingerprint density at radius 2 is 2.05 bits per heavy atom. The molecule has 0 aliphatic carbocycles. The highest BCUT2D eigenvalue weighted by molar-refractivity contribution is 5.91. The van der Waals surface area contributed by atoms with Gasteiger partial charge in [0.2, 0.25) is 5.91 Å². The van der Waals surface area contributed by atoms with Gasteiger partial charge in [-0.05, 0) is 12.1 Å². The molecular formula is C13H20N2O4. The third-order valence-electron chi connectivity index (χ3n) is 2.36. The van der Waals surface area contributed by atoms with Crippen molar-refractivity contribution in [2.75, 3.05) is 39.3 Å². The van der Waals surface area contributed by atoms with Gasteiger partial charge in [-0.2, -0.15) is 0 Å². The molecule has 0 spiro atoms. The van der Waals surface area contributed by atoms with E-state index in [0.29, 0.717) is 36.9 Å². The zero-order valence-corrected chi connectivity index (χ0v) is 11.3. The molecule has 106 valence electrons. The van der Waals surface area contributed by atoms with Crippen LogP contribution in [-0.2, 0) is 9.53 Å². The number of hydrogen-bond acceptors (Lipinski definition) is 5. The lowest BCUT2D eigenvalue weighted by Crippen LogP contribution is -2.16. The number of nitrogens with two attached hydrogens (primary N) is 1. The van der Waals surface area contributed by atoms with Gasteiger partial charge in [-0.15, -0.1) is 0 Å². The molecule has 1 amide bonds.